The number of nitrogens with zero attached hydrogens (tertiary/aromatic N) is 2. The van der Waals surface area contributed by atoms with Crippen LogP contribution in [0.15, 0.2) is 60.9 Å². The number of pyridine rings is 2. The maximum absolute atomic E-state index is 13.4. The molecule has 0 saturated heterocycles. The Morgan fingerprint density at radius 1 is 0.828 bits per heavy atom. The normalized spacial score (nSPS) is 12.4. The molecule has 5 nitrogen and oxygen atoms in total. The Bertz CT molecular complexity index is 1150. The van der Waals surface area contributed by atoms with E-state index < -0.39 is 0 Å². The van der Waals surface area contributed by atoms with Gasteiger partial charge >= 0.3 is 0 Å². The summed E-state index contributed by atoms with van der Waals surface area (Å²) in [4.78, 5) is 8.40. The third-order valence-corrected chi connectivity index (χ3v) is 4.82. The molecule has 7 heteroatoms. The van der Waals surface area contributed by atoms with Gasteiger partial charge in [0.1, 0.15) is 11.6 Å². The van der Waals surface area contributed by atoms with Crippen LogP contribution in [-0.2, 0) is 0 Å². The highest BCUT2D eigenvalue weighted by molar-refractivity contribution is 5.90. The Labute approximate surface area is 167 Å². The van der Waals surface area contributed by atoms with E-state index in [9.17, 15) is 8.78 Å². The first-order valence-electron chi connectivity index (χ1n) is 9.40. The number of hydrogen-bond donors (Lipinski definition) is 3. The van der Waals surface area contributed by atoms with Gasteiger partial charge in [0.25, 0.3) is 0 Å². The lowest BCUT2D eigenvalue weighted by molar-refractivity contribution is 0.610. The molecule has 0 saturated carbocycles. The van der Waals surface area contributed by atoms with Gasteiger partial charge in [-0.15, -0.1) is 0 Å². The predicted molar refractivity (Wildman–Crippen MR) is 112 cm³/mol. The smallest absolute Gasteiger partial charge is 0.125 e. The van der Waals surface area contributed by atoms with E-state index in [1.807, 2.05) is 12.1 Å². The second-order valence-corrected chi connectivity index (χ2v) is 6.82. The molecule has 0 radical (unpaired) electrons. The van der Waals surface area contributed by atoms with Crippen molar-refractivity contribution in [3.63, 3.8) is 0 Å². The van der Waals surface area contributed by atoms with Crippen molar-refractivity contribution in [3.05, 3.63) is 78.1 Å². The first kappa shape index (κ1) is 19.2. The fourth-order valence-corrected chi connectivity index (χ4v) is 3.40. The minimum Gasteiger partial charge on any atom is -0.383 e. The summed E-state index contributed by atoms with van der Waals surface area (Å²) in [7, 11) is 0. The van der Waals surface area contributed by atoms with E-state index in [2.05, 4.69) is 20.6 Å². The standard InChI is InChI=1S/C22H21F2N5/c23-14-1-3-17-16(5-7-27-21(17)11-14)19(25)13-26-9-10-29-20-6-8-28-22-12-15(24)2-4-18(20)22/h1-8,11-12,19,26H,9-10,13,25H2,(H,28,29). The van der Waals surface area contributed by atoms with Crippen LogP contribution in [0.2, 0.25) is 0 Å². The Hall–Kier alpha value is -3.16. The van der Waals surface area contributed by atoms with Gasteiger partial charge < -0.3 is 16.4 Å². The molecule has 0 fully saturated rings. The molecule has 29 heavy (non-hydrogen) atoms. The summed E-state index contributed by atoms with van der Waals surface area (Å²) >= 11 is 0. The number of nitrogens with one attached hydrogen (secondary N) is 2. The largest absolute Gasteiger partial charge is 0.383 e. The molecule has 0 aliphatic rings. The minimum absolute atomic E-state index is 0.240. The number of fused-ring (bicyclic) bond motifs is 2. The van der Waals surface area contributed by atoms with Crippen molar-refractivity contribution in [2.75, 3.05) is 25.0 Å². The van der Waals surface area contributed by atoms with Gasteiger partial charge in [0, 0.05) is 66.7 Å². The highest BCUT2D eigenvalue weighted by atomic mass is 19.1. The fraction of sp³-hybridized carbons (Fsp3) is 0.182. The zero-order chi connectivity index (χ0) is 20.2. The van der Waals surface area contributed by atoms with Crippen LogP contribution in [0.3, 0.4) is 0 Å². The lowest BCUT2D eigenvalue weighted by atomic mass is 10.0. The van der Waals surface area contributed by atoms with Crippen LogP contribution in [0, 0.1) is 11.6 Å². The first-order chi connectivity index (χ1) is 14.1. The third kappa shape index (κ3) is 4.31. The van der Waals surface area contributed by atoms with E-state index in [4.69, 9.17) is 5.73 Å². The van der Waals surface area contributed by atoms with Crippen molar-refractivity contribution in [3.8, 4) is 0 Å². The van der Waals surface area contributed by atoms with Gasteiger partial charge in [-0.2, -0.15) is 0 Å². The number of halogens is 2. The van der Waals surface area contributed by atoms with Gasteiger partial charge in [-0.05, 0) is 42.0 Å². The number of anilines is 1. The summed E-state index contributed by atoms with van der Waals surface area (Å²) in [6, 6.07) is 12.6. The zero-order valence-corrected chi connectivity index (χ0v) is 15.7. The molecule has 4 rings (SSSR count). The second-order valence-electron chi connectivity index (χ2n) is 6.82. The lowest BCUT2D eigenvalue weighted by Gasteiger charge is -2.16. The minimum atomic E-state index is -0.314. The number of aromatic nitrogens is 2. The Morgan fingerprint density at radius 2 is 1.48 bits per heavy atom. The highest BCUT2D eigenvalue weighted by Crippen LogP contribution is 2.23. The average molecular weight is 393 g/mol. The van der Waals surface area contributed by atoms with E-state index in [0.29, 0.717) is 30.7 Å². The van der Waals surface area contributed by atoms with Crippen LogP contribution < -0.4 is 16.4 Å². The van der Waals surface area contributed by atoms with Crippen molar-refractivity contribution in [2.45, 2.75) is 6.04 Å². The molecule has 0 amide bonds. The predicted octanol–water partition coefficient (Wildman–Crippen LogP) is 3.76. The monoisotopic (exact) mass is 393 g/mol. The summed E-state index contributed by atoms with van der Waals surface area (Å²) < 4.78 is 26.7. The van der Waals surface area contributed by atoms with E-state index in [1.54, 1.807) is 24.5 Å². The third-order valence-electron chi connectivity index (χ3n) is 4.82. The van der Waals surface area contributed by atoms with E-state index in [0.717, 1.165) is 22.0 Å². The maximum atomic E-state index is 13.4. The summed E-state index contributed by atoms with van der Waals surface area (Å²) in [5.74, 6) is -0.615. The van der Waals surface area contributed by atoms with Gasteiger partial charge in [0.2, 0.25) is 0 Å². The number of rotatable bonds is 7. The lowest BCUT2D eigenvalue weighted by Crippen LogP contribution is -2.30. The van der Waals surface area contributed by atoms with E-state index >= 15 is 0 Å². The second kappa shape index (κ2) is 8.46. The van der Waals surface area contributed by atoms with Crippen LogP contribution in [0.5, 0.6) is 0 Å². The number of nitrogens with two attached hydrogens (primary N) is 1. The van der Waals surface area contributed by atoms with Crippen LogP contribution in [0.25, 0.3) is 21.8 Å². The summed E-state index contributed by atoms with van der Waals surface area (Å²) in [6.45, 7) is 1.93. The molecule has 0 spiro atoms. The zero-order valence-electron chi connectivity index (χ0n) is 15.7. The van der Waals surface area contributed by atoms with Crippen LogP contribution >= 0.6 is 0 Å². The van der Waals surface area contributed by atoms with Gasteiger partial charge in [0.05, 0.1) is 11.0 Å². The summed E-state index contributed by atoms with van der Waals surface area (Å²) in [6.07, 6.45) is 3.31. The molecule has 2 heterocycles. The van der Waals surface area contributed by atoms with Crippen molar-refractivity contribution in [1.29, 1.82) is 0 Å². The van der Waals surface area contributed by atoms with Gasteiger partial charge in [-0.3, -0.25) is 9.97 Å². The van der Waals surface area contributed by atoms with Crippen molar-refractivity contribution in [1.82, 2.24) is 15.3 Å². The quantitative estimate of drug-likeness (QED) is 0.417. The van der Waals surface area contributed by atoms with Crippen LogP contribution in [0.1, 0.15) is 11.6 Å². The van der Waals surface area contributed by atoms with Gasteiger partial charge in [0.15, 0.2) is 0 Å². The van der Waals surface area contributed by atoms with Crippen molar-refractivity contribution < 1.29 is 8.78 Å². The molecule has 1 unspecified atom stereocenters. The van der Waals surface area contributed by atoms with Gasteiger partial charge in [-0.25, -0.2) is 8.78 Å². The van der Waals surface area contributed by atoms with Crippen molar-refractivity contribution in [2.24, 2.45) is 5.73 Å². The topological polar surface area (TPSA) is 75.9 Å². The van der Waals surface area contributed by atoms with Crippen LogP contribution in [-0.4, -0.2) is 29.6 Å². The Morgan fingerprint density at radius 3 is 2.24 bits per heavy atom. The SMILES string of the molecule is NC(CNCCNc1ccnc2cc(F)ccc12)c1ccnc2cc(F)ccc12. The number of benzene rings is 2. The molecule has 0 aliphatic carbocycles. The first-order valence-corrected chi connectivity index (χ1v) is 9.40. The summed E-state index contributed by atoms with van der Waals surface area (Å²) in [5, 5.41) is 8.40. The molecule has 2 aromatic carbocycles. The summed E-state index contributed by atoms with van der Waals surface area (Å²) in [5.41, 5.74) is 9.38. The average Bonchev–Trinajstić information content (AvgIpc) is 2.72. The molecule has 148 valence electrons. The molecular formula is C22H21F2N5. The molecule has 2 aromatic heterocycles. The Balaban J connectivity index is 1.33. The van der Waals surface area contributed by atoms with Crippen molar-refractivity contribution >= 4 is 27.5 Å². The maximum Gasteiger partial charge on any atom is 0.125 e. The molecule has 1 atom stereocenters. The van der Waals surface area contributed by atoms with E-state index in [1.165, 1.54) is 24.3 Å². The molecule has 4 aromatic rings. The van der Waals surface area contributed by atoms with Crippen LogP contribution in [0.4, 0.5) is 14.5 Å². The van der Waals surface area contributed by atoms with Gasteiger partial charge in [-0.1, -0.05) is 0 Å². The molecule has 0 bridgehead atoms. The molecule has 4 N–H and O–H groups in total. The fourth-order valence-electron chi connectivity index (χ4n) is 3.40. The molecular weight excluding hydrogens is 372 g/mol. The molecule has 0 aliphatic heterocycles. The Kier molecular flexibility index (Phi) is 5.59. The number of hydrogen-bond acceptors (Lipinski definition) is 5. The van der Waals surface area contributed by atoms with E-state index in [-0.39, 0.29) is 17.7 Å². The highest BCUT2D eigenvalue weighted by Gasteiger charge is 2.11.